The van der Waals surface area contributed by atoms with Gasteiger partial charge in [-0.3, -0.25) is 9.79 Å². The first-order valence-corrected chi connectivity index (χ1v) is 9.49. The molecule has 28 heavy (non-hydrogen) atoms. The van der Waals surface area contributed by atoms with Gasteiger partial charge in [0.1, 0.15) is 5.76 Å². The van der Waals surface area contributed by atoms with E-state index in [9.17, 15) is 4.79 Å². The molecular formula is C20H23IN4O2S. The lowest BCUT2D eigenvalue weighted by atomic mass is 10.1. The van der Waals surface area contributed by atoms with E-state index in [-0.39, 0.29) is 29.9 Å². The number of nitrogens with one attached hydrogen (secondary N) is 3. The molecule has 2 heterocycles. The average Bonchev–Trinajstić information content (AvgIpc) is 3.40. The van der Waals surface area contributed by atoms with E-state index in [0.717, 1.165) is 23.8 Å². The Hall–Kier alpha value is -2.33. The van der Waals surface area contributed by atoms with Crippen LogP contribution < -0.4 is 16.0 Å². The average molecular weight is 510 g/mol. The molecule has 1 aromatic carbocycles. The number of hydrogen-bond donors (Lipinski definition) is 3. The van der Waals surface area contributed by atoms with Crippen molar-refractivity contribution in [3.63, 3.8) is 0 Å². The Morgan fingerprint density at radius 3 is 2.61 bits per heavy atom. The van der Waals surface area contributed by atoms with Gasteiger partial charge in [0.05, 0.1) is 19.4 Å². The zero-order valence-corrected chi connectivity index (χ0v) is 18.6. The van der Waals surface area contributed by atoms with E-state index in [2.05, 4.69) is 32.4 Å². The van der Waals surface area contributed by atoms with E-state index in [4.69, 9.17) is 4.42 Å². The fourth-order valence-corrected chi connectivity index (χ4v) is 3.14. The van der Waals surface area contributed by atoms with Crippen LogP contribution in [0, 0.1) is 0 Å². The molecular weight excluding hydrogens is 487 g/mol. The minimum atomic E-state index is -0.131. The van der Waals surface area contributed by atoms with Crippen LogP contribution in [0.25, 0.3) is 0 Å². The zero-order chi connectivity index (χ0) is 18.9. The van der Waals surface area contributed by atoms with Crippen molar-refractivity contribution < 1.29 is 9.21 Å². The van der Waals surface area contributed by atoms with Crippen LogP contribution >= 0.6 is 35.3 Å². The maximum Gasteiger partial charge on any atom is 0.251 e. The molecule has 0 bridgehead atoms. The second-order valence-corrected chi connectivity index (χ2v) is 6.85. The summed E-state index contributed by atoms with van der Waals surface area (Å²) < 4.78 is 5.23. The Balaban J connectivity index is 0.00000280. The molecule has 8 heteroatoms. The monoisotopic (exact) mass is 510 g/mol. The van der Waals surface area contributed by atoms with Crippen molar-refractivity contribution in [3.05, 3.63) is 81.9 Å². The number of carbonyl (C=O) groups excluding carboxylic acids is 1. The molecule has 0 fully saturated rings. The molecule has 6 nitrogen and oxygen atoms in total. The zero-order valence-electron chi connectivity index (χ0n) is 15.5. The van der Waals surface area contributed by atoms with Gasteiger partial charge in [0.15, 0.2) is 5.96 Å². The van der Waals surface area contributed by atoms with Crippen LogP contribution in [-0.2, 0) is 19.6 Å². The smallest absolute Gasteiger partial charge is 0.251 e. The second kappa shape index (κ2) is 11.5. The normalized spacial score (nSPS) is 10.8. The van der Waals surface area contributed by atoms with Crippen molar-refractivity contribution in [2.24, 2.45) is 4.99 Å². The van der Waals surface area contributed by atoms with Crippen LogP contribution in [0.2, 0.25) is 0 Å². The summed E-state index contributed by atoms with van der Waals surface area (Å²) in [5.41, 5.74) is 1.61. The summed E-state index contributed by atoms with van der Waals surface area (Å²) in [6.07, 6.45) is 1.59. The van der Waals surface area contributed by atoms with E-state index < -0.39 is 0 Å². The van der Waals surface area contributed by atoms with Crippen LogP contribution in [-0.4, -0.2) is 18.9 Å². The van der Waals surface area contributed by atoms with Gasteiger partial charge in [0.2, 0.25) is 0 Å². The van der Waals surface area contributed by atoms with Gasteiger partial charge in [-0.2, -0.15) is 0 Å². The number of thiophene rings is 1. The third-order valence-corrected chi connectivity index (χ3v) is 4.76. The highest BCUT2D eigenvalue weighted by atomic mass is 127. The molecule has 0 aliphatic heterocycles. The molecule has 0 saturated heterocycles. The molecule has 0 atom stereocenters. The first-order chi connectivity index (χ1) is 13.2. The molecule has 0 aliphatic rings. The molecule has 148 valence electrons. The van der Waals surface area contributed by atoms with Crippen LogP contribution in [0.5, 0.6) is 0 Å². The predicted molar refractivity (Wildman–Crippen MR) is 123 cm³/mol. The number of halogens is 1. The summed E-state index contributed by atoms with van der Waals surface area (Å²) in [4.78, 5) is 17.8. The molecule has 0 saturated carbocycles. The summed E-state index contributed by atoms with van der Waals surface area (Å²) >= 11 is 1.70. The number of furan rings is 1. The summed E-state index contributed by atoms with van der Waals surface area (Å²) in [6, 6.07) is 15.3. The fraction of sp³-hybridized carbons (Fsp3) is 0.200. The number of rotatable bonds is 7. The van der Waals surface area contributed by atoms with E-state index in [1.54, 1.807) is 36.8 Å². The van der Waals surface area contributed by atoms with Crippen molar-refractivity contribution in [1.29, 1.82) is 0 Å². The van der Waals surface area contributed by atoms with Crippen LogP contribution in [0.3, 0.4) is 0 Å². The Kier molecular flexibility index (Phi) is 9.02. The van der Waals surface area contributed by atoms with Crippen LogP contribution in [0.15, 0.2) is 69.6 Å². The number of carbonyl (C=O) groups is 1. The molecule has 3 rings (SSSR count). The fourth-order valence-electron chi connectivity index (χ4n) is 2.50. The second-order valence-electron chi connectivity index (χ2n) is 5.82. The van der Waals surface area contributed by atoms with E-state index in [1.807, 2.05) is 30.3 Å². The van der Waals surface area contributed by atoms with E-state index >= 15 is 0 Å². The maximum atomic E-state index is 12.3. The largest absolute Gasteiger partial charge is 0.467 e. The van der Waals surface area contributed by atoms with Gasteiger partial charge in [0, 0.05) is 24.0 Å². The van der Waals surface area contributed by atoms with Crippen molar-refractivity contribution in [1.82, 2.24) is 16.0 Å². The van der Waals surface area contributed by atoms with Crippen molar-refractivity contribution in [2.45, 2.75) is 19.6 Å². The van der Waals surface area contributed by atoms with Gasteiger partial charge in [-0.1, -0.05) is 18.2 Å². The van der Waals surface area contributed by atoms with Gasteiger partial charge in [-0.25, -0.2) is 0 Å². The Bertz CT molecular complexity index is 880. The molecule has 0 unspecified atom stereocenters. The Morgan fingerprint density at radius 1 is 1.04 bits per heavy atom. The molecule has 0 radical (unpaired) electrons. The highest BCUT2D eigenvalue weighted by Crippen LogP contribution is 2.08. The number of guanidine groups is 1. The SMILES string of the molecule is CN=C(NCc1cccc(C(=O)NCc2ccco2)c1)NCc1cccs1.I. The minimum Gasteiger partial charge on any atom is -0.467 e. The lowest BCUT2D eigenvalue weighted by Crippen LogP contribution is -2.36. The van der Waals surface area contributed by atoms with Gasteiger partial charge < -0.3 is 20.4 Å². The number of nitrogens with zero attached hydrogens (tertiary/aromatic N) is 1. The summed E-state index contributed by atoms with van der Waals surface area (Å²) in [6.45, 7) is 1.67. The van der Waals surface area contributed by atoms with Gasteiger partial charge >= 0.3 is 0 Å². The summed E-state index contributed by atoms with van der Waals surface area (Å²) in [7, 11) is 1.74. The van der Waals surface area contributed by atoms with Gasteiger partial charge in [-0.15, -0.1) is 35.3 Å². The molecule has 0 aliphatic carbocycles. The molecule has 0 spiro atoms. The minimum absolute atomic E-state index is 0. The van der Waals surface area contributed by atoms with Crippen molar-refractivity contribution >= 4 is 47.2 Å². The quantitative estimate of drug-likeness (QED) is 0.257. The topological polar surface area (TPSA) is 78.7 Å². The number of benzene rings is 1. The molecule has 1 amide bonds. The highest BCUT2D eigenvalue weighted by Gasteiger charge is 2.07. The molecule has 2 aromatic heterocycles. The number of amides is 1. The lowest BCUT2D eigenvalue weighted by Gasteiger charge is -2.12. The predicted octanol–water partition coefficient (Wildman–Crippen LogP) is 3.75. The van der Waals surface area contributed by atoms with Gasteiger partial charge in [-0.05, 0) is 41.3 Å². The lowest BCUT2D eigenvalue weighted by molar-refractivity contribution is 0.0948. The third kappa shape index (κ3) is 6.68. The third-order valence-electron chi connectivity index (χ3n) is 3.89. The van der Waals surface area contributed by atoms with Crippen LogP contribution in [0.1, 0.15) is 26.6 Å². The maximum absolute atomic E-state index is 12.3. The standard InChI is InChI=1S/C20H22N4O2S.HI/c1-21-20(24-14-18-8-4-10-27-18)23-12-15-5-2-6-16(11-15)19(25)22-13-17-7-3-9-26-17;/h2-11H,12-14H2,1H3,(H,22,25)(H2,21,23,24);1H. The first kappa shape index (κ1) is 22.0. The number of aliphatic imine (C=N–C) groups is 1. The number of hydrogen-bond acceptors (Lipinski definition) is 4. The summed E-state index contributed by atoms with van der Waals surface area (Å²) in [5, 5.41) is 11.4. The van der Waals surface area contributed by atoms with Gasteiger partial charge in [0.25, 0.3) is 5.91 Å². The highest BCUT2D eigenvalue weighted by molar-refractivity contribution is 14.0. The van der Waals surface area contributed by atoms with Crippen molar-refractivity contribution in [2.75, 3.05) is 7.05 Å². The Morgan fingerprint density at radius 2 is 1.89 bits per heavy atom. The van der Waals surface area contributed by atoms with E-state index in [0.29, 0.717) is 18.7 Å². The summed E-state index contributed by atoms with van der Waals surface area (Å²) in [5.74, 6) is 1.31. The van der Waals surface area contributed by atoms with E-state index in [1.165, 1.54) is 4.88 Å². The molecule has 3 aromatic rings. The Labute approximate surface area is 185 Å². The van der Waals surface area contributed by atoms with Crippen molar-refractivity contribution in [3.8, 4) is 0 Å². The van der Waals surface area contributed by atoms with Crippen LogP contribution in [0.4, 0.5) is 0 Å². The first-order valence-electron chi connectivity index (χ1n) is 8.61. The molecule has 3 N–H and O–H groups in total.